The zero-order chi connectivity index (χ0) is 21.5. The molecule has 0 aromatic heterocycles. The number of benzene rings is 1. The van der Waals surface area contributed by atoms with Crippen molar-refractivity contribution in [2.45, 2.75) is 33.2 Å². The van der Waals surface area contributed by atoms with Crippen molar-refractivity contribution in [1.82, 2.24) is 5.32 Å². The average Bonchev–Trinajstić information content (AvgIpc) is 2.65. The number of carbonyl (C=O) groups excluding carboxylic acids is 2. The molecule has 28 heavy (non-hydrogen) atoms. The van der Waals surface area contributed by atoms with Crippen molar-refractivity contribution in [1.29, 1.82) is 5.26 Å². The third-order valence-electron chi connectivity index (χ3n) is 4.12. The van der Waals surface area contributed by atoms with E-state index < -0.39 is 34.6 Å². The van der Waals surface area contributed by atoms with E-state index in [2.05, 4.69) is 5.32 Å². The first-order chi connectivity index (χ1) is 13.1. The minimum atomic E-state index is -1.14. The highest BCUT2D eigenvalue weighted by atomic mass is 16.6. The summed E-state index contributed by atoms with van der Waals surface area (Å²) in [6.45, 7) is 6.30. The molecule has 1 atom stereocenters. The number of ether oxygens (including phenoxy) is 3. The normalized spacial score (nSPS) is 12.5. The molecule has 10 nitrogen and oxygen atoms in total. The zero-order valence-electron chi connectivity index (χ0n) is 16.4. The second kappa shape index (κ2) is 9.55. The van der Waals surface area contributed by atoms with E-state index in [1.54, 1.807) is 27.7 Å². The van der Waals surface area contributed by atoms with E-state index in [-0.39, 0.29) is 29.6 Å². The number of amides is 1. The number of methoxy groups -OCH3 is 1. The topological polar surface area (TPSA) is 141 Å². The van der Waals surface area contributed by atoms with E-state index in [4.69, 9.17) is 14.2 Å². The molecule has 0 aliphatic carbocycles. The molecule has 0 aliphatic rings. The Kier molecular flexibility index (Phi) is 7.74. The fraction of sp³-hybridized carbons (Fsp3) is 0.500. The number of rotatable bonds is 9. The van der Waals surface area contributed by atoms with Crippen LogP contribution in [0, 0.1) is 27.4 Å². The van der Waals surface area contributed by atoms with Crippen LogP contribution in [0.2, 0.25) is 0 Å². The fourth-order valence-electron chi connectivity index (χ4n) is 2.13. The summed E-state index contributed by atoms with van der Waals surface area (Å²) in [6.07, 6.45) is 0. The van der Waals surface area contributed by atoms with Crippen molar-refractivity contribution in [2.24, 2.45) is 5.92 Å². The van der Waals surface area contributed by atoms with Crippen LogP contribution in [0.3, 0.4) is 0 Å². The lowest BCUT2D eigenvalue weighted by Gasteiger charge is -2.27. The van der Waals surface area contributed by atoms with Gasteiger partial charge in [-0.3, -0.25) is 14.9 Å². The van der Waals surface area contributed by atoms with Crippen molar-refractivity contribution in [2.75, 3.05) is 20.3 Å². The molecule has 0 saturated heterocycles. The number of nitrogens with one attached hydrogen (secondary N) is 1. The van der Waals surface area contributed by atoms with Gasteiger partial charge in [0.05, 0.1) is 30.8 Å². The molecule has 0 unspecified atom stereocenters. The second-order valence-electron chi connectivity index (χ2n) is 6.30. The first-order valence-corrected chi connectivity index (χ1v) is 8.48. The first-order valence-electron chi connectivity index (χ1n) is 8.48. The minimum Gasteiger partial charge on any atom is -0.493 e. The Balaban J connectivity index is 3.03. The Bertz CT molecular complexity index is 801. The van der Waals surface area contributed by atoms with E-state index in [9.17, 15) is 25.0 Å². The number of carbonyl (C=O) groups is 2. The van der Waals surface area contributed by atoms with Crippen LogP contribution in [-0.4, -0.2) is 42.7 Å². The van der Waals surface area contributed by atoms with Gasteiger partial charge in [-0.05, 0) is 19.8 Å². The number of hydrogen-bond donors (Lipinski definition) is 1. The highest BCUT2D eigenvalue weighted by molar-refractivity contribution is 5.96. The quantitative estimate of drug-likeness (QED) is 0.382. The van der Waals surface area contributed by atoms with E-state index >= 15 is 0 Å². The summed E-state index contributed by atoms with van der Waals surface area (Å²) in [6, 6.07) is 4.18. The van der Waals surface area contributed by atoms with Crippen LogP contribution in [0.4, 0.5) is 5.69 Å². The van der Waals surface area contributed by atoms with Gasteiger partial charge in [0.15, 0.2) is 18.1 Å². The van der Waals surface area contributed by atoms with Crippen LogP contribution in [0.25, 0.3) is 0 Å². The van der Waals surface area contributed by atoms with Gasteiger partial charge in [0, 0.05) is 6.07 Å². The molecule has 1 aromatic rings. The van der Waals surface area contributed by atoms with Gasteiger partial charge in [-0.2, -0.15) is 5.26 Å². The minimum absolute atomic E-state index is 0.0876. The van der Waals surface area contributed by atoms with E-state index in [1.807, 2.05) is 6.07 Å². The summed E-state index contributed by atoms with van der Waals surface area (Å²) >= 11 is 0. The zero-order valence-corrected chi connectivity index (χ0v) is 16.4. The number of nitro benzene ring substituents is 1. The van der Waals surface area contributed by atoms with Crippen LogP contribution >= 0.6 is 0 Å². The first kappa shape index (κ1) is 22.7. The standard InChI is InChI=1S/C18H23N3O7/c1-6-27-15-7-12(13(21(24)25)8-14(15)26-5)17(23)28-9-16(22)20-18(4,10-19)11(2)3/h7-8,11H,6,9H2,1-5H3,(H,20,22)/t18-/m1/s1. The Morgan fingerprint density at radius 2 is 2.00 bits per heavy atom. The predicted molar refractivity (Wildman–Crippen MR) is 98.1 cm³/mol. The van der Waals surface area contributed by atoms with Gasteiger partial charge >= 0.3 is 5.97 Å². The number of nitro groups is 1. The predicted octanol–water partition coefficient (Wildman–Crippen LogP) is 2.21. The number of hydrogen-bond acceptors (Lipinski definition) is 8. The Hall–Kier alpha value is -3.35. The lowest BCUT2D eigenvalue weighted by atomic mass is 9.90. The average molecular weight is 393 g/mol. The number of nitriles is 1. The van der Waals surface area contributed by atoms with Gasteiger partial charge in [0.25, 0.3) is 11.6 Å². The summed E-state index contributed by atoms with van der Waals surface area (Å²) in [4.78, 5) is 34.9. The Labute approximate surface area is 162 Å². The SMILES string of the molecule is CCOc1cc(C(=O)OCC(=O)N[C@](C)(C#N)C(C)C)c([N+](=O)[O-])cc1OC. The molecular weight excluding hydrogens is 370 g/mol. The Morgan fingerprint density at radius 3 is 2.46 bits per heavy atom. The van der Waals surface area contributed by atoms with Crippen molar-refractivity contribution in [3.8, 4) is 17.6 Å². The summed E-state index contributed by atoms with van der Waals surface area (Å²) in [5.41, 5.74) is -2.07. The maximum absolute atomic E-state index is 12.3. The largest absolute Gasteiger partial charge is 0.493 e. The molecule has 0 fully saturated rings. The molecule has 0 spiro atoms. The van der Waals surface area contributed by atoms with Crippen LogP contribution in [-0.2, 0) is 9.53 Å². The van der Waals surface area contributed by atoms with Gasteiger partial charge < -0.3 is 19.5 Å². The van der Waals surface area contributed by atoms with Crippen LogP contribution in [0.15, 0.2) is 12.1 Å². The molecule has 10 heteroatoms. The molecule has 0 aliphatic heterocycles. The molecule has 152 valence electrons. The Morgan fingerprint density at radius 1 is 1.36 bits per heavy atom. The van der Waals surface area contributed by atoms with Crippen LogP contribution in [0.1, 0.15) is 38.1 Å². The lowest BCUT2D eigenvalue weighted by Crippen LogP contribution is -2.50. The van der Waals surface area contributed by atoms with Gasteiger partial charge in [-0.15, -0.1) is 0 Å². The molecular formula is C18H23N3O7. The molecule has 1 amide bonds. The van der Waals surface area contributed by atoms with Crippen LogP contribution < -0.4 is 14.8 Å². The summed E-state index contributed by atoms with van der Waals surface area (Å²) < 4.78 is 15.2. The third-order valence-corrected chi connectivity index (χ3v) is 4.12. The van der Waals surface area contributed by atoms with Crippen molar-refractivity contribution in [3.05, 3.63) is 27.8 Å². The number of esters is 1. The fourth-order valence-corrected chi connectivity index (χ4v) is 2.13. The van der Waals surface area contributed by atoms with Gasteiger partial charge in [0.2, 0.25) is 0 Å². The van der Waals surface area contributed by atoms with Gasteiger partial charge in [-0.1, -0.05) is 13.8 Å². The van der Waals surface area contributed by atoms with Gasteiger partial charge in [0.1, 0.15) is 11.1 Å². The molecule has 0 bridgehead atoms. The smallest absolute Gasteiger partial charge is 0.345 e. The van der Waals surface area contributed by atoms with Crippen molar-refractivity contribution >= 4 is 17.6 Å². The molecule has 1 N–H and O–H groups in total. The summed E-state index contributed by atoms with van der Waals surface area (Å²) in [5.74, 6) is -1.75. The monoisotopic (exact) mass is 393 g/mol. The highest BCUT2D eigenvalue weighted by Gasteiger charge is 2.31. The highest BCUT2D eigenvalue weighted by Crippen LogP contribution is 2.35. The van der Waals surface area contributed by atoms with Crippen LogP contribution in [0.5, 0.6) is 11.5 Å². The van der Waals surface area contributed by atoms with Crippen molar-refractivity contribution in [3.63, 3.8) is 0 Å². The summed E-state index contributed by atoms with van der Waals surface area (Å²) in [7, 11) is 1.31. The maximum Gasteiger partial charge on any atom is 0.345 e. The van der Waals surface area contributed by atoms with E-state index in [1.165, 1.54) is 7.11 Å². The second-order valence-corrected chi connectivity index (χ2v) is 6.30. The van der Waals surface area contributed by atoms with Crippen molar-refractivity contribution < 1.29 is 28.7 Å². The molecule has 0 heterocycles. The lowest BCUT2D eigenvalue weighted by molar-refractivity contribution is -0.385. The molecule has 1 rings (SSSR count). The maximum atomic E-state index is 12.3. The molecule has 1 aromatic carbocycles. The van der Waals surface area contributed by atoms with E-state index in [0.717, 1.165) is 12.1 Å². The number of nitrogens with zero attached hydrogens (tertiary/aromatic N) is 2. The molecule has 0 saturated carbocycles. The van der Waals surface area contributed by atoms with Gasteiger partial charge in [-0.25, -0.2) is 4.79 Å². The molecule has 0 radical (unpaired) electrons. The van der Waals surface area contributed by atoms with E-state index in [0.29, 0.717) is 0 Å². The third kappa shape index (κ3) is 5.33. The summed E-state index contributed by atoms with van der Waals surface area (Å²) in [5, 5.41) is 23.0.